The van der Waals surface area contributed by atoms with Crippen molar-refractivity contribution < 1.29 is 34.4 Å². The molecule has 0 saturated heterocycles. The molecule has 211 valence electrons. The van der Waals surface area contributed by atoms with Gasteiger partial charge in [0.25, 0.3) is 0 Å². The number of aliphatic hydroxyl groups is 1. The van der Waals surface area contributed by atoms with E-state index in [0.29, 0.717) is 0 Å². The Balaban J connectivity index is 0.000000255. The van der Waals surface area contributed by atoms with Crippen LogP contribution in [0.25, 0.3) is 42.2 Å². The van der Waals surface area contributed by atoms with Gasteiger partial charge in [-0.15, -0.1) is 23.6 Å². The van der Waals surface area contributed by atoms with Crippen LogP contribution in [0.4, 0.5) is 4.39 Å². The maximum atomic E-state index is 13.5. The largest absolute Gasteiger partial charge is 0.509 e. The standard InChI is InChI=1S/C22H15N2S.C11H19FO2.Ir/c1-13-11-19-16(14(2)24-13)7-8-18-17(19)9-10-23-22(18)21-12-15-5-3-4-6-20(15)25-21;1-10(2,3)8(13)7(12)9(14)11(4,5)6;/h3-11H,1-2H3;13H,1-6H3;/q-1;;/b;8-7+;. The van der Waals surface area contributed by atoms with E-state index in [9.17, 15) is 14.3 Å². The fraction of sp³-hybridized carbons (Fsp3) is 0.303. The molecule has 40 heavy (non-hydrogen) atoms. The van der Waals surface area contributed by atoms with Gasteiger partial charge in [0.05, 0.1) is 0 Å². The SMILES string of the molecule is CC(C)(C)C(=O)/C(F)=C(\O)C(C)(C)C.Cc1cc2c(ccc3c(-c4[c-]c5ccccc5s4)nccc32)c(C)n1.[Ir]. The second-order valence-corrected chi connectivity index (χ2v) is 12.9. The molecule has 1 N–H and O–H groups in total. The van der Waals surface area contributed by atoms with Crippen molar-refractivity contribution in [3.63, 3.8) is 0 Å². The normalized spacial score (nSPS) is 12.5. The number of pyridine rings is 2. The van der Waals surface area contributed by atoms with Crippen LogP contribution in [0, 0.1) is 30.7 Å². The monoisotopic (exact) mass is 734 g/mol. The Morgan fingerprint density at radius 2 is 1.55 bits per heavy atom. The number of benzene rings is 2. The fourth-order valence-corrected chi connectivity index (χ4v) is 5.30. The van der Waals surface area contributed by atoms with Crippen molar-refractivity contribution in [1.82, 2.24) is 9.97 Å². The first-order valence-electron chi connectivity index (χ1n) is 12.9. The Morgan fingerprint density at radius 3 is 2.17 bits per heavy atom. The predicted molar refractivity (Wildman–Crippen MR) is 161 cm³/mol. The van der Waals surface area contributed by atoms with Crippen molar-refractivity contribution in [2.75, 3.05) is 0 Å². The number of aliphatic hydroxyl groups excluding tert-OH is 1. The molecule has 0 spiro atoms. The van der Waals surface area contributed by atoms with Gasteiger partial charge in [0.1, 0.15) is 5.76 Å². The zero-order chi connectivity index (χ0) is 28.7. The van der Waals surface area contributed by atoms with E-state index >= 15 is 0 Å². The van der Waals surface area contributed by atoms with Crippen LogP contribution in [0.5, 0.6) is 0 Å². The Kier molecular flexibility index (Phi) is 9.35. The molecule has 0 aliphatic rings. The van der Waals surface area contributed by atoms with Crippen LogP contribution < -0.4 is 0 Å². The smallest absolute Gasteiger partial charge is 0.204 e. The van der Waals surface area contributed by atoms with E-state index in [1.54, 1.807) is 52.9 Å². The van der Waals surface area contributed by atoms with E-state index in [-0.39, 0.29) is 20.1 Å². The minimum atomic E-state index is -1.02. The molecule has 0 unspecified atom stereocenters. The number of ketones is 1. The fourth-order valence-electron chi connectivity index (χ4n) is 4.29. The molecule has 1 radical (unpaired) electrons. The van der Waals surface area contributed by atoms with Crippen LogP contribution in [-0.2, 0) is 24.9 Å². The molecule has 0 bridgehead atoms. The summed E-state index contributed by atoms with van der Waals surface area (Å²) < 4.78 is 14.7. The summed E-state index contributed by atoms with van der Waals surface area (Å²) >= 11 is 1.75. The Labute approximate surface area is 252 Å². The molecule has 5 aromatic rings. The van der Waals surface area contributed by atoms with Gasteiger partial charge >= 0.3 is 0 Å². The number of nitrogens with zero attached hydrogens (tertiary/aromatic N) is 2. The summed E-state index contributed by atoms with van der Waals surface area (Å²) in [5, 5.41) is 15.5. The topological polar surface area (TPSA) is 63.1 Å². The average molecular weight is 734 g/mol. The number of hydrogen-bond acceptors (Lipinski definition) is 5. The summed E-state index contributed by atoms with van der Waals surface area (Å²) in [4.78, 5) is 21.8. The summed E-state index contributed by atoms with van der Waals surface area (Å²) in [6.45, 7) is 13.9. The minimum Gasteiger partial charge on any atom is -0.509 e. The van der Waals surface area contributed by atoms with E-state index in [1.165, 1.54) is 26.2 Å². The van der Waals surface area contributed by atoms with E-state index < -0.39 is 28.2 Å². The second-order valence-electron chi connectivity index (χ2n) is 11.8. The first kappa shape index (κ1) is 31.5. The maximum absolute atomic E-state index is 13.5. The van der Waals surface area contributed by atoms with E-state index in [1.807, 2.05) is 13.1 Å². The van der Waals surface area contributed by atoms with E-state index in [0.717, 1.165) is 27.3 Å². The number of carbonyl (C=O) groups is 1. The number of thiophene rings is 1. The summed E-state index contributed by atoms with van der Waals surface area (Å²) in [5.41, 5.74) is 1.59. The van der Waals surface area contributed by atoms with Gasteiger partial charge in [0.15, 0.2) is 5.78 Å². The molecule has 0 amide bonds. The third kappa shape index (κ3) is 6.49. The first-order valence-corrected chi connectivity index (χ1v) is 13.7. The molecule has 0 fully saturated rings. The van der Waals surface area contributed by atoms with E-state index in [2.05, 4.69) is 71.5 Å². The molecule has 0 saturated carbocycles. The number of rotatable bonds is 2. The number of halogens is 1. The molecule has 3 heterocycles. The van der Waals surface area contributed by atoms with Crippen molar-refractivity contribution in [2.24, 2.45) is 10.8 Å². The number of aryl methyl sites for hydroxylation is 2. The van der Waals surface area contributed by atoms with Crippen molar-refractivity contribution in [3.05, 3.63) is 83.8 Å². The van der Waals surface area contributed by atoms with Gasteiger partial charge in [-0.05, 0) is 51.7 Å². The zero-order valence-electron chi connectivity index (χ0n) is 24.1. The van der Waals surface area contributed by atoms with Crippen LogP contribution in [0.1, 0.15) is 52.9 Å². The number of aromatic nitrogens is 2. The number of hydrogen-bond donors (Lipinski definition) is 1. The third-order valence-corrected chi connectivity index (χ3v) is 7.51. The van der Waals surface area contributed by atoms with Gasteiger partial charge in [0.2, 0.25) is 5.83 Å². The van der Waals surface area contributed by atoms with Gasteiger partial charge in [-0.1, -0.05) is 65.8 Å². The molecule has 0 aliphatic carbocycles. The summed E-state index contributed by atoms with van der Waals surface area (Å²) in [6.07, 6.45) is 1.90. The van der Waals surface area contributed by atoms with Crippen molar-refractivity contribution in [3.8, 4) is 10.6 Å². The molecule has 7 heteroatoms. The Hall–Kier alpha value is -2.99. The molecule has 2 aromatic carbocycles. The molecular formula is C33H34FIrN2O2S-. The van der Waals surface area contributed by atoms with Crippen molar-refractivity contribution >= 4 is 48.8 Å². The first-order chi connectivity index (χ1) is 18.2. The summed E-state index contributed by atoms with van der Waals surface area (Å²) in [7, 11) is 0. The van der Waals surface area contributed by atoms with Gasteiger partial charge in [0, 0.05) is 59.6 Å². The van der Waals surface area contributed by atoms with Crippen molar-refractivity contribution in [2.45, 2.75) is 55.4 Å². The number of allylic oxidation sites excluding steroid dienone is 2. The Morgan fingerprint density at radius 1 is 0.900 bits per heavy atom. The van der Waals surface area contributed by atoms with Crippen LogP contribution >= 0.6 is 11.3 Å². The van der Waals surface area contributed by atoms with Crippen LogP contribution in [0.2, 0.25) is 0 Å². The van der Waals surface area contributed by atoms with E-state index in [4.69, 9.17) is 0 Å². The van der Waals surface area contributed by atoms with Gasteiger partial charge in [-0.3, -0.25) is 9.78 Å². The van der Waals surface area contributed by atoms with Gasteiger partial charge < -0.3 is 10.1 Å². The molecule has 4 nitrogen and oxygen atoms in total. The molecule has 3 aromatic heterocycles. The number of carbonyl (C=O) groups excluding carboxylic acids is 1. The number of fused-ring (bicyclic) bond motifs is 4. The molecule has 0 atom stereocenters. The molecule has 0 aliphatic heterocycles. The Bertz CT molecular complexity index is 1710. The third-order valence-electron chi connectivity index (χ3n) is 6.44. The summed E-state index contributed by atoms with van der Waals surface area (Å²) in [5.74, 6) is -2.16. The number of Topliss-reactive ketones (excluding diaryl/α,β-unsaturated/α-hetero) is 1. The molecule has 5 rings (SSSR count). The van der Waals surface area contributed by atoms with Crippen molar-refractivity contribution in [1.29, 1.82) is 0 Å². The van der Waals surface area contributed by atoms with Crippen LogP contribution in [-0.4, -0.2) is 20.9 Å². The van der Waals surface area contributed by atoms with Crippen LogP contribution in [0.3, 0.4) is 0 Å². The molecular weight excluding hydrogens is 700 g/mol. The maximum Gasteiger partial charge on any atom is 0.204 e. The minimum absolute atomic E-state index is 0. The average Bonchev–Trinajstić information content (AvgIpc) is 3.30. The quantitative estimate of drug-likeness (QED) is 0.0850. The van der Waals surface area contributed by atoms with Gasteiger partial charge in [-0.25, -0.2) is 11.3 Å². The zero-order valence-corrected chi connectivity index (χ0v) is 27.3. The van der Waals surface area contributed by atoms with Gasteiger partial charge in [-0.2, -0.15) is 4.39 Å². The predicted octanol–water partition coefficient (Wildman–Crippen LogP) is 9.47. The second kappa shape index (κ2) is 11.9. The van der Waals surface area contributed by atoms with Crippen LogP contribution in [0.15, 0.2) is 66.3 Å². The summed E-state index contributed by atoms with van der Waals surface area (Å²) in [6, 6.07) is 20.5.